The summed E-state index contributed by atoms with van der Waals surface area (Å²) in [6, 6.07) is 0. The molecule has 0 atom stereocenters. The van der Waals surface area contributed by atoms with Crippen LogP contribution in [0, 0.1) is 5.92 Å². The van der Waals surface area contributed by atoms with Gasteiger partial charge in [0.25, 0.3) is 0 Å². The number of nitrogens with zero attached hydrogens (tertiary/aromatic N) is 2. The summed E-state index contributed by atoms with van der Waals surface area (Å²) in [5.41, 5.74) is 0. The quantitative estimate of drug-likeness (QED) is 0.849. The Balaban J connectivity index is 2.32. The molecule has 1 aromatic rings. The average molecular weight is 257 g/mol. The molecule has 0 aliphatic heterocycles. The van der Waals surface area contributed by atoms with E-state index >= 15 is 0 Å². The van der Waals surface area contributed by atoms with Crippen molar-refractivity contribution < 1.29 is 4.52 Å². The number of nitrogens with one attached hydrogen (secondary N) is 1. The molecule has 0 fully saturated rings. The fourth-order valence-corrected chi connectivity index (χ4v) is 1.85. The van der Waals surface area contributed by atoms with Crippen LogP contribution in [0.2, 0.25) is 0 Å². The van der Waals surface area contributed by atoms with Crippen LogP contribution in [0.1, 0.15) is 46.3 Å². The summed E-state index contributed by atoms with van der Waals surface area (Å²) in [7, 11) is 0. The van der Waals surface area contributed by atoms with Crippen molar-refractivity contribution in [1.29, 1.82) is 0 Å². The van der Waals surface area contributed by atoms with Crippen molar-refractivity contribution in [1.82, 2.24) is 15.5 Å². The monoisotopic (exact) mass is 257 g/mol. The molecular weight excluding hydrogens is 234 g/mol. The summed E-state index contributed by atoms with van der Waals surface area (Å²) in [5, 5.41) is 7.25. The van der Waals surface area contributed by atoms with E-state index in [-0.39, 0.29) is 4.75 Å². The largest absolute Gasteiger partial charge is 0.338 e. The lowest BCUT2D eigenvalue weighted by atomic mass is 10.2. The first-order valence-corrected chi connectivity index (χ1v) is 7.01. The Morgan fingerprint density at radius 2 is 2.06 bits per heavy atom. The van der Waals surface area contributed by atoms with Crippen LogP contribution >= 0.6 is 11.8 Å². The van der Waals surface area contributed by atoms with Gasteiger partial charge in [0.2, 0.25) is 5.89 Å². The van der Waals surface area contributed by atoms with Gasteiger partial charge >= 0.3 is 0 Å². The molecule has 1 heterocycles. The van der Waals surface area contributed by atoms with E-state index in [1.165, 1.54) is 0 Å². The summed E-state index contributed by atoms with van der Waals surface area (Å²) in [6.45, 7) is 12.5. The standard InChI is InChI=1S/C12H23N3OS/c1-9(2)6-13-7-11-14-10(15-16-11)8-17-12(3,4)5/h9,13H,6-8H2,1-5H3. The average Bonchev–Trinajstić information content (AvgIpc) is 2.61. The van der Waals surface area contributed by atoms with Crippen molar-refractivity contribution in [2.24, 2.45) is 5.92 Å². The van der Waals surface area contributed by atoms with Gasteiger partial charge in [0.15, 0.2) is 5.82 Å². The van der Waals surface area contributed by atoms with Crippen molar-refractivity contribution in [3.8, 4) is 0 Å². The third-order valence-corrected chi connectivity index (χ3v) is 3.24. The summed E-state index contributed by atoms with van der Waals surface area (Å²) in [6.07, 6.45) is 0. The van der Waals surface area contributed by atoms with E-state index in [0.717, 1.165) is 18.1 Å². The van der Waals surface area contributed by atoms with E-state index in [1.54, 1.807) is 0 Å². The molecule has 0 aliphatic rings. The number of rotatable bonds is 6. The van der Waals surface area contributed by atoms with Gasteiger partial charge in [0, 0.05) is 4.75 Å². The molecule has 17 heavy (non-hydrogen) atoms. The molecule has 1 N–H and O–H groups in total. The zero-order valence-electron chi connectivity index (χ0n) is 11.4. The van der Waals surface area contributed by atoms with Crippen LogP contribution in [0.5, 0.6) is 0 Å². The normalized spacial score (nSPS) is 12.4. The Bertz CT molecular complexity index is 331. The first kappa shape index (κ1) is 14.5. The molecule has 0 saturated heterocycles. The molecule has 98 valence electrons. The van der Waals surface area contributed by atoms with Gasteiger partial charge in [-0.1, -0.05) is 39.8 Å². The maximum atomic E-state index is 5.17. The lowest BCUT2D eigenvalue weighted by Gasteiger charge is -2.15. The van der Waals surface area contributed by atoms with Crippen LogP contribution in [0.3, 0.4) is 0 Å². The molecule has 0 aliphatic carbocycles. The van der Waals surface area contributed by atoms with E-state index in [1.807, 2.05) is 11.8 Å². The van der Waals surface area contributed by atoms with Crippen LogP contribution < -0.4 is 5.32 Å². The van der Waals surface area contributed by atoms with Crippen LogP contribution in [0.4, 0.5) is 0 Å². The predicted octanol–water partition coefficient (Wildman–Crippen LogP) is 2.85. The maximum absolute atomic E-state index is 5.17. The van der Waals surface area contributed by atoms with Gasteiger partial charge in [-0.3, -0.25) is 0 Å². The molecule has 1 aromatic heterocycles. The van der Waals surface area contributed by atoms with E-state index in [2.05, 4.69) is 50.1 Å². The van der Waals surface area contributed by atoms with Crippen LogP contribution in [-0.2, 0) is 12.3 Å². The zero-order valence-corrected chi connectivity index (χ0v) is 12.2. The summed E-state index contributed by atoms with van der Waals surface area (Å²) in [5.74, 6) is 2.90. The minimum absolute atomic E-state index is 0.233. The van der Waals surface area contributed by atoms with Crippen molar-refractivity contribution in [3.63, 3.8) is 0 Å². The summed E-state index contributed by atoms with van der Waals surface area (Å²) in [4.78, 5) is 4.35. The van der Waals surface area contributed by atoms with Crippen molar-refractivity contribution in [2.75, 3.05) is 6.54 Å². The highest BCUT2D eigenvalue weighted by Gasteiger charge is 2.13. The summed E-state index contributed by atoms with van der Waals surface area (Å²) >= 11 is 1.82. The molecule has 0 amide bonds. The van der Waals surface area contributed by atoms with Crippen molar-refractivity contribution in [2.45, 2.75) is 51.7 Å². The fraction of sp³-hybridized carbons (Fsp3) is 0.833. The third kappa shape index (κ3) is 6.68. The Morgan fingerprint density at radius 1 is 1.35 bits per heavy atom. The van der Waals surface area contributed by atoms with Gasteiger partial charge < -0.3 is 9.84 Å². The molecule has 0 aromatic carbocycles. The van der Waals surface area contributed by atoms with E-state index < -0.39 is 0 Å². The minimum atomic E-state index is 0.233. The SMILES string of the molecule is CC(C)CNCc1nc(CSC(C)(C)C)no1. The van der Waals surface area contributed by atoms with Crippen LogP contribution in [-0.4, -0.2) is 21.4 Å². The molecule has 5 heteroatoms. The Kier molecular flexibility index (Phi) is 5.46. The lowest BCUT2D eigenvalue weighted by Crippen LogP contribution is -2.19. The topological polar surface area (TPSA) is 51.0 Å². The Morgan fingerprint density at radius 3 is 2.65 bits per heavy atom. The van der Waals surface area contributed by atoms with Gasteiger partial charge in [-0.25, -0.2) is 0 Å². The van der Waals surface area contributed by atoms with Gasteiger partial charge in [-0.05, 0) is 12.5 Å². The number of thioether (sulfide) groups is 1. The highest BCUT2D eigenvalue weighted by Crippen LogP contribution is 2.25. The van der Waals surface area contributed by atoms with Gasteiger partial charge in [-0.2, -0.15) is 4.98 Å². The van der Waals surface area contributed by atoms with Crippen LogP contribution in [0.15, 0.2) is 4.52 Å². The molecule has 0 unspecified atom stereocenters. The first-order valence-electron chi connectivity index (χ1n) is 6.03. The Labute approximate surface area is 108 Å². The molecule has 0 spiro atoms. The second kappa shape index (κ2) is 6.40. The van der Waals surface area contributed by atoms with Crippen molar-refractivity contribution >= 4 is 11.8 Å². The van der Waals surface area contributed by atoms with E-state index in [9.17, 15) is 0 Å². The fourth-order valence-electron chi connectivity index (χ4n) is 1.17. The lowest BCUT2D eigenvalue weighted by molar-refractivity contribution is 0.360. The van der Waals surface area contributed by atoms with E-state index in [0.29, 0.717) is 18.4 Å². The number of aromatic nitrogens is 2. The molecule has 0 saturated carbocycles. The first-order chi connectivity index (χ1) is 7.87. The van der Waals surface area contributed by atoms with Crippen LogP contribution in [0.25, 0.3) is 0 Å². The molecular formula is C12H23N3OS. The number of hydrogen-bond donors (Lipinski definition) is 1. The maximum Gasteiger partial charge on any atom is 0.240 e. The van der Waals surface area contributed by atoms with Crippen molar-refractivity contribution in [3.05, 3.63) is 11.7 Å². The second-order valence-corrected chi connectivity index (χ2v) is 7.33. The van der Waals surface area contributed by atoms with Gasteiger partial charge in [0.05, 0.1) is 12.3 Å². The Hall–Kier alpha value is -0.550. The van der Waals surface area contributed by atoms with E-state index in [4.69, 9.17) is 4.52 Å². The highest BCUT2D eigenvalue weighted by atomic mass is 32.2. The minimum Gasteiger partial charge on any atom is -0.338 e. The second-order valence-electron chi connectivity index (χ2n) is 5.53. The summed E-state index contributed by atoms with van der Waals surface area (Å²) < 4.78 is 5.41. The zero-order chi connectivity index (χ0) is 12.9. The molecule has 0 radical (unpaired) electrons. The molecule has 0 bridgehead atoms. The van der Waals surface area contributed by atoms with Gasteiger partial charge in [0.1, 0.15) is 0 Å². The molecule has 1 rings (SSSR count). The smallest absolute Gasteiger partial charge is 0.240 e. The number of hydrogen-bond acceptors (Lipinski definition) is 5. The van der Waals surface area contributed by atoms with Gasteiger partial charge in [-0.15, -0.1) is 11.8 Å². The predicted molar refractivity (Wildman–Crippen MR) is 71.9 cm³/mol. The third-order valence-electron chi connectivity index (χ3n) is 1.97. The molecule has 4 nitrogen and oxygen atoms in total. The highest BCUT2D eigenvalue weighted by molar-refractivity contribution is 7.99.